The highest BCUT2D eigenvalue weighted by molar-refractivity contribution is 6.30. The average Bonchev–Trinajstić information content (AvgIpc) is 2.73. The lowest BCUT2D eigenvalue weighted by Crippen LogP contribution is -2.17. The second-order valence-electron chi connectivity index (χ2n) is 5.96. The van der Waals surface area contributed by atoms with Crippen LogP contribution in [0.15, 0.2) is 77.9 Å². The molecule has 0 saturated carbocycles. The van der Waals surface area contributed by atoms with Gasteiger partial charge in [0.2, 0.25) is 0 Å². The van der Waals surface area contributed by atoms with E-state index in [2.05, 4.69) is 10.5 Å². The van der Waals surface area contributed by atoms with Crippen molar-refractivity contribution in [3.8, 4) is 5.75 Å². The zero-order valence-corrected chi connectivity index (χ0v) is 15.9. The van der Waals surface area contributed by atoms with E-state index in [9.17, 15) is 14.9 Å². The molecule has 3 rings (SSSR count). The third-order valence-corrected chi connectivity index (χ3v) is 4.16. The van der Waals surface area contributed by atoms with Crippen molar-refractivity contribution < 1.29 is 14.5 Å². The molecule has 0 aromatic heterocycles. The van der Waals surface area contributed by atoms with Gasteiger partial charge in [-0.15, -0.1) is 0 Å². The molecule has 0 aliphatic carbocycles. The molecule has 146 valence electrons. The Morgan fingerprint density at radius 1 is 1.10 bits per heavy atom. The SMILES string of the molecule is O=C(N/N=C\c1ccccc1OCc1cccc([N+](=O)[O-])c1)c1ccc(Cl)cc1. The van der Waals surface area contributed by atoms with Crippen molar-refractivity contribution in [2.45, 2.75) is 6.61 Å². The smallest absolute Gasteiger partial charge is 0.271 e. The van der Waals surface area contributed by atoms with E-state index < -0.39 is 4.92 Å². The van der Waals surface area contributed by atoms with Gasteiger partial charge < -0.3 is 4.74 Å². The highest BCUT2D eigenvalue weighted by Crippen LogP contribution is 2.19. The maximum Gasteiger partial charge on any atom is 0.271 e. The Balaban J connectivity index is 1.65. The topological polar surface area (TPSA) is 93.8 Å². The van der Waals surface area contributed by atoms with Crippen LogP contribution >= 0.6 is 11.6 Å². The molecular formula is C21H16ClN3O4. The summed E-state index contributed by atoms with van der Waals surface area (Å²) in [6, 6.07) is 19.8. The minimum absolute atomic E-state index is 0.00543. The highest BCUT2D eigenvalue weighted by Gasteiger charge is 2.08. The van der Waals surface area contributed by atoms with Crippen LogP contribution in [0.25, 0.3) is 0 Å². The van der Waals surface area contributed by atoms with Crippen LogP contribution in [0.4, 0.5) is 5.69 Å². The molecular weight excluding hydrogens is 394 g/mol. The number of carbonyl (C=O) groups excluding carboxylic acids is 1. The summed E-state index contributed by atoms with van der Waals surface area (Å²) in [5.41, 5.74) is 4.20. The number of carbonyl (C=O) groups is 1. The van der Waals surface area contributed by atoms with Crippen LogP contribution in [0.5, 0.6) is 5.75 Å². The number of halogens is 1. The summed E-state index contributed by atoms with van der Waals surface area (Å²) in [5.74, 6) is 0.163. The Bertz CT molecular complexity index is 1050. The number of nitrogens with one attached hydrogen (secondary N) is 1. The van der Waals surface area contributed by atoms with Crippen molar-refractivity contribution in [2.75, 3.05) is 0 Å². The summed E-state index contributed by atoms with van der Waals surface area (Å²) in [5, 5.41) is 15.4. The second-order valence-corrected chi connectivity index (χ2v) is 6.40. The number of rotatable bonds is 7. The molecule has 3 aromatic carbocycles. The predicted octanol–water partition coefficient (Wildman–Crippen LogP) is 4.59. The normalized spacial score (nSPS) is 10.7. The van der Waals surface area contributed by atoms with Crippen molar-refractivity contribution >= 4 is 29.4 Å². The van der Waals surface area contributed by atoms with Crippen molar-refractivity contribution in [1.82, 2.24) is 5.43 Å². The number of nitro benzene ring substituents is 1. The first-order valence-corrected chi connectivity index (χ1v) is 8.95. The van der Waals surface area contributed by atoms with Crippen LogP contribution in [-0.4, -0.2) is 17.0 Å². The van der Waals surface area contributed by atoms with E-state index in [1.165, 1.54) is 18.3 Å². The summed E-state index contributed by atoms with van der Waals surface area (Å²) in [7, 11) is 0. The molecule has 3 aromatic rings. The first-order valence-electron chi connectivity index (χ1n) is 8.57. The van der Waals surface area contributed by atoms with Crippen molar-refractivity contribution in [1.29, 1.82) is 0 Å². The number of para-hydroxylation sites is 1. The number of ether oxygens (including phenoxy) is 1. The Kier molecular flexibility index (Phi) is 6.55. The first kappa shape index (κ1) is 20.0. The Labute approximate surface area is 171 Å². The van der Waals surface area contributed by atoms with Crippen molar-refractivity contribution in [3.63, 3.8) is 0 Å². The number of amides is 1. The van der Waals surface area contributed by atoms with E-state index in [-0.39, 0.29) is 18.2 Å². The van der Waals surface area contributed by atoms with Crippen LogP contribution in [0.3, 0.4) is 0 Å². The third kappa shape index (κ3) is 5.63. The van der Waals surface area contributed by atoms with Crippen LogP contribution < -0.4 is 10.2 Å². The largest absolute Gasteiger partial charge is 0.488 e. The monoisotopic (exact) mass is 409 g/mol. The molecule has 1 N–H and O–H groups in total. The fourth-order valence-corrected chi connectivity index (χ4v) is 2.59. The summed E-state index contributed by atoms with van der Waals surface area (Å²) < 4.78 is 5.77. The molecule has 0 fully saturated rings. The molecule has 0 spiro atoms. The van der Waals surface area contributed by atoms with Gasteiger partial charge in [-0.1, -0.05) is 35.9 Å². The minimum Gasteiger partial charge on any atom is -0.488 e. The fourth-order valence-electron chi connectivity index (χ4n) is 2.47. The Hall–Kier alpha value is -3.71. The average molecular weight is 410 g/mol. The van der Waals surface area contributed by atoms with Crippen LogP contribution in [0.1, 0.15) is 21.5 Å². The number of hydrazone groups is 1. The Morgan fingerprint density at radius 2 is 1.86 bits per heavy atom. The van der Waals surface area contributed by atoms with E-state index in [4.69, 9.17) is 16.3 Å². The quantitative estimate of drug-likeness (QED) is 0.351. The lowest BCUT2D eigenvalue weighted by molar-refractivity contribution is -0.384. The van der Waals surface area contributed by atoms with Gasteiger partial charge in [0, 0.05) is 28.3 Å². The lowest BCUT2D eigenvalue weighted by atomic mass is 10.2. The zero-order valence-electron chi connectivity index (χ0n) is 15.1. The van der Waals surface area contributed by atoms with Gasteiger partial charge in [0.05, 0.1) is 11.1 Å². The van der Waals surface area contributed by atoms with Gasteiger partial charge in [-0.25, -0.2) is 5.43 Å². The van der Waals surface area contributed by atoms with Crippen molar-refractivity contribution in [3.05, 3.63) is 105 Å². The minimum atomic E-state index is -0.451. The van der Waals surface area contributed by atoms with Gasteiger partial charge in [0.1, 0.15) is 12.4 Å². The van der Waals surface area contributed by atoms with Gasteiger partial charge in [0.15, 0.2) is 0 Å². The second kappa shape index (κ2) is 9.48. The molecule has 0 aliphatic rings. The standard InChI is InChI=1S/C21H16ClN3O4/c22-18-10-8-16(9-11-18)21(26)24-23-13-17-5-1-2-7-20(17)29-14-15-4-3-6-19(12-15)25(27)28/h1-13H,14H2,(H,24,26)/b23-13-. The van der Waals surface area contributed by atoms with Crippen LogP contribution in [0.2, 0.25) is 5.02 Å². The number of nitrogens with zero attached hydrogens (tertiary/aromatic N) is 2. The number of benzene rings is 3. The highest BCUT2D eigenvalue weighted by atomic mass is 35.5. The molecule has 0 saturated heterocycles. The van der Waals surface area contributed by atoms with Crippen LogP contribution in [-0.2, 0) is 6.61 Å². The first-order chi connectivity index (χ1) is 14.0. The summed E-state index contributed by atoms with van der Waals surface area (Å²) >= 11 is 5.81. The lowest BCUT2D eigenvalue weighted by Gasteiger charge is -2.09. The molecule has 29 heavy (non-hydrogen) atoms. The molecule has 0 bridgehead atoms. The zero-order chi connectivity index (χ0) is 20.6. The van der Waals surface area contributed by atoms with E-state index in [0.717, 1.165) is 0 Å². The van der Waals surface area contributed by atoms with E-state index in [0.29, 0.717) is 27.5 Å². The molecule has 0 radical (unpaired) electrons. The molecule has 0 heterocycles. The fraction of sp³-hybridized carbons (Fsp3) is 0.0476. The molecule has 8 heteroatoms. The molecule has 0 atom stereocenters. The van der Waals surface area contributed by atoms with Gasteiger partial charge in [-0.2, -0.15) is 5.10 Å². The maximum absolute atomic E-state index is 12.1. The van der Waals surface area contributed by atoms with E-state index >= 15 is 0 Å². The summed E-state index contributed by atoms with van der Waals surface area (Å²) in [6.45, 7) is 0.156. The predicted molar refractivity (Wildman–Crippen MR) is 110 cm³/mol. The molecule has 0 aliphatic heterocycles. The summed E-state index contributed by atoms with van der Waals surface area (Å²) in [4.78, 5) is 22.5. The number of non-ortho nitro benzene ring substituents is 1. The van der Waals surface area contributed by atoms with Crippen LogP contribution in [0, 0.1) is 10.1 Å². The van der Waals surface area contributed by atoms with Gasteiger partial charge in [-0.05, 0) is 42.0 Å². The van der Waals surface area contributed by atoms with E-state index in [1.807, 2.05) is 6.07 Å². The van der Waals surface area contributed by atoms with E-state index in [1.54, 1.807) is 54.6 Å². The summed E-state index contributed by atoms with van der Waals surface area (Å²) in [6.07, 6.45) is 1.47. The van der Waals surface area contributed by atoms with Crippen molar-refractivity contribution in [2.24, 2.45) is 5.10 Å². The number of hydrogen-bond donors (Lipinski definition) is 1. The molecule has 7 nitrogen and oxygen atoms in total. The Morgan fingerprint density at radius 3 is 2.62 bits per heavy atom. The molecule has 0 unspecified atom stereocenters. The van der Waals surface area contributed by atoms with Gasteiger partial charge in [-0.3, -0.25) is 14.9 Å². The van der Waals surface area contributed by atoms with Gasteiger partial charge >= 0.3 is 0 Å². The van der Waals surface area contributed by atoms with Gasteiger partial charge in [0.25, 0.3) is 11.6 Å². The number of nitro groups is 1. The number of hydrogen-bond acceptors (Lipinski definition) is 5. The third-order valence-electron chi connectivity index (χ3n) is 3.91. The molecule has 1 amide bonds. The maximum atomic E-state index is 12.1.